The van der Waals surface area contributed by atoms with E-state index in [-0.39, 0.29) is 0 Å². The Bertz CT molecular complexity index is 3910. The largest absolute Gasteiger partial charge is 0.278 e. The SMILES string of the molecule is c1ccc(-c2cccc([Si](c3ccccc3)(c3ccccc3)c3cc(-c4nc(-c5ccccc5)nc(-n5c6ccccc6c6ccccc65)n4)cc([Si](c4ccccc4)(c4ccccc4)c4ccccc4)c3)c2)cc1. The lowest BCUT2D eigenvalue weighted by Crippen LogP contribution is -2.78. The molecule has 0 aliphatic rings. The van der Waals surface area contributed by atoms with E-state index in [4.69, 9.17) is 15.0 Å². The number of benzene rings is 11. The first-order chi connectivity index (χ1) is 37.2. The van der Waals surface area contributed by atoms with Crippen LogP contribution in [-0.2, 0) is 0 Å². The highest BCUT2D eigenvalue weighted by molar-refractivity contribution is 7.22. The molecule has 0 saturated carbocycles. The van der Waals surface area contributed by atoms with Crippen LogP contribution >= 0.6 is 0 Å². The molecule has 0 amide bonds. The van der Waals surface area contributed by atoms with Crippen molar-refractivity contribution in [3.63, 3.8) is 0 Å². The van der Waals surface area contributed by atoms with E-state index in [1.165, 1.54) is 52.6 Å². The predicted molar refractivity (Wildman–Crippen MR) is 318 cm³/mol. The molecule has 0 atom stereocenters. The lowest BCUT2D eigenvalue weighted by molar-refractivity contribution is 0.953. The van der Waals surface area contributed by atoms with Crippen LogP contribution in [0.4, 0.5) is 0 Å². The summed E-state index contributed by atoms with van der Waals surface area (Å²) in [4.78, 5) is 16.7. The van der Waals surface area contributed by atoms with Crippen molar-refractivity contribution < 1.29 is 0 Å². The van der Waals surface area contributed by atoms with Gasteiger partial charge in [0, 0.05) is 21.9 Å². The van der Waals surface area contributed by atoms with Crippen molar-refractivity contribution in [3.8, 4) is 39.9 Å². The van der Waals surface area contributed by atoms with Crippen molar-refractivity contribution in [1.29, 1.82) is 0 Å². The van der Waals surface area contributed by atoms with Crippen LogP contribution in [0.5, 0.6) is 0 Å². The summed E-state index contributed by atoms with van der Waals surface area (Å²) in [6.07, 6.45) is 0. The molecule has 0 unspecified atom stereocenters. The van der Waals surface area contributed by atoms with Crippen molar-refractivity contribution in [2.24, 2.45) is 0 Å². The summed E-state index contributed by atoms with van der Waals surface area (Å²) in [6, 6.07) is 111. The van der Waals surface area contributed by atoms with Crippen LogP contribution < -0.4 is 41.5 Å². The Morgan fingerprint density at radius 1 is 0.227 bits per heavy atom. The zero-order valence-electron chi connectivity index (χ0n) is 41.2. The summed E-state index contributed by atoms with van der Waals surface area (Å²) in [5.74, 6) is 1.77. The summed E-state index contributed by atoms with van der Waals surface area (Å²) in [6.45, 7) is 0. The minimum Gasteiger partial charge on any atom is -0.278 e. The summed E-state index contributed by atoms with van der Waals surface area (Å²) < 4.78 is 2.21. The minimum absolute atomic E-state index is 0.561. The number of para-hydroxylation sites is 2. The van der Waals surface area contributed by atoms with E-state index in [0.717, 1.165) is 32.9 Å². The maximum atomic E-state index is 5.68. The van der Waals surface area contributed by atoms with E-state index >= 15 is 0 Å². The topological polar surface area (TPSA) is 43.6 Å². The molecule has 354 valence electrons. The second-order valence-electron chi connectivity index (χ2n) is 19.1. The third kappa shape index (κ3) is 7.95. The van der Waals surface area contributed by atoms with Gasteiger partial charge in [-0.2, -0.15) is 9.97 Å². The maximum absolute atomic E-state index is 5.68. The first kappa shape index (κ1) is 45.5. The normalized spacial score (nSPS) is 11.7. The van der Waals surface area contributed by atoms with Crippen molar-refractivity contribution in [1.82, 2.24) is 19.5 Å². The molecule has 0 aliphatic heterocycles. The molecular weight excluding hydrogens is 941 g/mol. The van der Waals surface area contributed by atoms with Crippen LogP contribution in [0.3, 0.4) is 0 Å². The number of rotatable bonds is 12. The molecule has 0 bridgehead atoms. The zero-order chi connectivity index (χ0) is 50.0. The molecule has 11 aromatic carbocycles. The van der Waals surface area contributed by atoms with Gasteiger partial charge < -0.3 is 0 Å². The van der Waals surface area contributed by atoms with Gasteiger partial charge in [0.1, 0.15) is 0 Å². The van der Waals surface area contributed by atoms with Crippen molar-refractivity contribution >= 4 is 79.4 Å². The molecular formula is C69H50N4Si2. The monoisotopic (exact) mass is 990 g/mol. The molecule has 13 rings (SSSR count). The first-order valence-electron chi connectivity index (χ1n) is 25.6. The van der Waals surface area contributed by atoms with Gasteiger partial charge in [0.25, 0.3) is 0 Å². The van der Waals surface area contributed by atoms with Crippen LogP contribution in [0.2, 0.25) is 0 Å². The zero-order valence-corrected chi connectivity index (χ0v) is 43.2. The van der Waals surface area contributed by atoms with E-state index in [1.54, 1.807) is 0 Å². The standard InChI is InChI=1S/C69H50N4Si2/c1-8-27-51(28-9-1)53-31-26-42-60(47-53)75(58-38-18-6-19-39-58,59-40-20-7-21-41-59)62-49-54(48-61(50-62)74(55-32-12-3-13-33-55,56-34-14-4-15-35-56)57-36-16-5-17-37-57)68-70-67(52-29-10-2-11-30-52)71-69(72-68)73-65-45-24-22-43-63(65)64-44-23-25-46-66(64)73/h1-50H. The quantitative estimate of drug-likeness (QED) is 0.0905. The van der Waals surface area contributed by atoms with Crippen molar-refractivity contribution in [2.75, 3.05) is 0 Å². The lowest BCUT2D eigenvalue weighted by atomic mass is 10.1. The highest BCUT2D eigenvalue weighted by atomic mass is 28.3. The fourth-order valence-corrected chi connectivity index (χ4v) is 21.5. The number of fused-ring (bicyclic) bond motifs is 3. The lowest BCUT2D eigenvalue weighted by Gasteiger charge is -2.38. The van der Waals surface area contributed by atoms with E-state index in [0.29, 0.717) is 17.6 Å². The Kier molecular flexibility index (Phi) is 11.9. The summed E-state index contributed by atoms with van der Waals surface area (Å²) in [7, 11) is -6.52. The average molecular weight is 991 g/mol. The van der Waals surface area contributed by atoms with Gasteiger partial charge in [-0.3, -0.25) is 4.57 Å². The number of hydrogen-bond acceptors (Lipinski definition) is 3. The third-order valence-corrected chi connectivity index (χ3v) is 24.4. The maximum Gasteiger partial charge on any atom is 0.238 e. The molecule has 2 heterocycles. The van der Waals surface area contributed by atoms with Crippen LogP contribution in [0.1, 0.15) is 0 Å². The Balaban J connectivity index is 1.21. The van der Waals surface area contributed by atoms with Crippen molar-refractivity contribution in [2.45, 2.75) is 0 Å². The highest BCUT2D eigenvalue weighted by Crippen LogP contribution is 2.32. The van der Waals surface area contributed by atoms with Gasteiger partial charge in [0.05, 0.1) is 11.0 Å². The fraction of sp³-hybridized carbons (Fsp3) is 0. The summed E-state index contributed by atoms with van der Waals surface area (Å²) >= 11 is 0. The van der Waals surface area contributed by atoms with Gasteiger partial charge in [-0.1, -0.05) is 291 Å². The van der Waals surface area contributed by atoms with Gasteiger partial charge in [-0.05, 0) is 64.8 Å². The first-order valence-corrected chi connectivity index (χ1v) is 29.6. The molecule has 0 radical (unpaired) electrons. The fourth-order valence-electron chi connectivity index (χ4n) is 11.6. The van der Waals surface area contributed by atoms with Crippen LogP contribution in [0.25, 0.3) is 61.7 Å². The Morgan fingerprint density at radius 2 is 0.547 bits per heavy atom. The third-order valence-electron chi connectivity index (χ3n) is 14.9. The molecule has 2 aromatic heterocycles. The van der Waals surface area contributed by atoms with Crippen LogP contribution in [0, 0.1) is 0 Å². The summed E-state index contributed by atoms with van der Waals surface area (Å²) in [5.41, 5.74) is 6.26. The molecule has 4 nitrogen and oxygen atoms in total. The molecule has 0 N–H and O–H groups in total. The van der Waals surface area contributed by atoms with Gasteiger partial charge in [-0.15, -0.1) is 0 Å². The van der Waals surface area contributed by atoms with Crippen LogP contribution in [-0.4, -0.2) is 35.7 Å². The van der Waals surface area contributed by atoms with E-state index in [2.05, 4.69) is 302 Å². The van der Waals surface area contributed by atoms with Gasteiger partial charge in [0.2, 0.25) is 5.95 Å². The van der Waals surface area contributed by atoms with Gasteiger partial charge >= 0.3 is 0 Å². The van der Waals surface area contributed by atoms with Crippen LogP contribution in [0.15, 0.2) is 303 Å². The van der Waals surface area contributed by atoms with Gasteiger partial charge in [-0.25, -0.2) is 4.98 Å². The molecule has 6 heteroatoms. The average Bonchev–Trinajstić information content (AvgIpc) is 3.85. The second-order valence-corrected chi connectivity index (χ2v) is 26.7. The molecule has 13 aromatic rings. The molecule has 75 heavy (non-hydrogen) atoms. The predicted octanol–water partition coefficient (Wildman–Crippen LogP) is 10.7. The molecule has 0 fully saturated rings. The minimum atomic E-state index is -3.31. The Morgan fingerprint density at radius 3 is 0.987 bits per heavy atom. The number of hydrogen-bond donors (Lipinski definition) is 0. The number of nitrogens with zero attached hydrogens (tertiary/aromatic N) is 4. The van der Waals surface area contributed by atoms with Gasteiger partial charge in [0.15, 0.2) is 27.8 Å². The smallest absolute Gasteiger partial charge is 0.238 e. The second kappa shape index (κ2) is 19.6. The van der Waals surface area contributed by atoms with Crippen molar-refractivity contribution in [3.05, 3.63) is 303 Å². The van der Waals surface area contributed by atoms with E-state index < -0.39 is 16.1 Å². The number of aromatic nitrogens is 4. The summed E-state index contributed by atoms with van der Waals surface area (Å²) in [5, 5.41) is 12.5. The highest BCUT2D eigenvalue weighted by Gasteiger charge is 2.46. The van der Waals surface area contributed by atoms with E-state index in [9.17, 15) is 0 Å². The molecule has 0 spiro atoms. The van der Waals surface area contributed by atoms with E-state index in [1.807, 2.05) is 6.07 Å². The molecule has 0 aliphatic carbocycles. The Labute approximate surface area is 439 Å². The Hall–Kier alpha value is -9.34. The molecule has 0 saturated heterocycles.